The van der Waals surface area contributed by atoms with Gasteiger partial charge in [-0.2, -0.15) is 0 Å². The van der Waals surface area contributed by atoms with E-state index in [1.54, 1.807) is 24.9 Å². The molecule has 1 N–H and O–H groups in total. The summed E-state index contributed by atoms with van der Waals surface area (Å²) >= 11 is 8.53. The lowest BCUT2D eigenvalue weighted by molar-refractivity contribution is 0.198. The highest BCUT2D eigenvalue weighted by Gasteiger charge is 2.09. The van der Waals surface area contributed by atoms with Crippen LogP contribution in [0.4, 0.5) is 0 Å². The Hall–Kier alpha value is -0.360. The van der Waals surface area contributed by atoms with Gasteiger partial charge in [-0.25, -0.2) is 4.98 Å². The zero-order valence-corrected chi connectivity index (χ0v) is 13.6. The normalized spacial score (nSPS) is 12.4. The Balaban J connectivity index is 2.26. The van der Waals surface area contributed by atoms with Crippen LogP contribution in [0.15, 0.2) is 55.4 Å². The Labute approximate surface area is 127 Å². The molecule has 1 aromatic heterocycles. The standard InChI is InChI=1S/C13H11Br2NOS/c1-8(17)10-5-4-9(7-12(10)15)18-13-11(14)3-2-6-16-13/h2-8,17H,1H3/t8-/m1/s1. The first-order valence-electron chi connectivity index (χ1n) is 5.34. The van der Waals surface area contributed by atoms with Gasteiger partial charge in [-0.15, -0.1) is 0 Å². The molecule has 1 aromatic carbocycles. The first-order chi connectivity index (χ1) is 8.58. The molecule has 0 radical (unpaired) electrons. The van der Waals surface area contributed by atoms with Gasteiger partial charge in [0.1, 0.15) is 5.03 Å². The molecule has 18 heavy (non-hydrogen) atoms. The van der Waals surface area contributed by atoms with Crippen LogP contribution in [0.25, 0.3) is 0 Å². The lowest BCUT2D eigenvalue weighted by Crippen LogP contribution is -1.92. The molecule has 0 saturated heterocycles. The summed E-state index contributed by atoms with van der Waals surface area (Å²) in [6.07, 6.45) is 1.30. The van der Waals surface area contributed by atoms with Crippen LogP contribution >= 0.6 is 43.6 Å². The van der Waals surface area contributed by atoms with E-state index in [4.69, 9.17) is 0 Å². The molecule has 0 aliphatic rings. The van der Waals surface area contributed by atoms with Crippen molar-refractivity contribution < 1.29 is 5.11 Å². The van der Waals surface area contributed by atoms with Gasteiger partial charge in [0.2, 0.25) is 0 Å². The lowest BCUT2D eigenvalue weighted by atomic mass is 10.1. The molecule has 0 bridgehead atoms. The number of nitrogens with zero attached hydrogens (tertiary/aromatic N) is 1. The fraction of sp³-hybridized carbons (Fsp3) is 0.154. The van der Waals surface area contributed by atoms with E-state index in [0.29, 0.717) is 0 Å². The summed E-state index contributed by atoms with van der Waals surface area (Å²) in [5.74, 6) is 0. The van der Waals surface area contributed by atoms with Crippen molar-refractivity contribution in [3.8, 4) is 0 Å². The average molecular weight is 389 g/mol. The summed E-state index contributed by atoms with van der Waals surface area (Å²) < 4.78 is 1.89. The highest BCUT2D eigenvalue weighted by atomic mass is 79.9. The van der Waals surface area contributed by atoms with Crippen LogP contribution in [0.2, 0.25) is 0 Å². The van der Waals surface area contributed by atoms with Crippen LogP contribution < -0.4 is 0 Å². The highest BCUT2D eigenvalue weighted by molar-refractivity contribution is 9.10. The maximum atomic E-state index is 9.57. The second kappa shape index (κ2) is 6.19. The van der Waals surface area contributed by atoms with E-state index in [0.717, 1.165) is 24.4 Å². The van der Waals surface area contributed by atoms with Crippen molar-refractivity contribution in [3.05, 3.63) is 51.0 Å². The third-order valence-corrected chi connectivity index (χ3v) is 4.96. The Morgan fingerprint density at radius 1 is 1.22 bits per heavy atom. The van der Waals surface area contributed by atoms with Crippen LogP contribution in [0, 0.1) is 0 Å². The smallest absolute Gasteiger partial charge is 0.115 e. The van der Waals surface area contributed by atoms with E-state index in [9.17, 15) is 5.11 Å². The second-order valence-electron chi connectivity index (χ2n) is 3.75. The van der Waals surface area contributed by atoms with Gasteiger partial charge in [-0.1, -0.05) is 33.8 Å². The van der Waals surface area contributed by atoms with Gasteiger partial charge in [-0.3, -0.25) is 0 Å². The predicted molar refractivity (Wildman–Crippen MR) is 80.8 cm³/mol. The number of hydrogen-bond acceptors (Lipinski definition) is 3. The minimum Gasteiger partial charge on any atom is -0.389 e. The molecule has 1 heterocycles. The number of aliphatic hydroxyl groups is 1. The van der Waals surface area contributed by atoms with Gasteiger partial charge in [0.15, 0.2) is 0 Å². The molecule has 94 valence electrons. The molecule has 0 amide bonds. The Kier molecular flexibility index (Phi) is 4.84. The molecule has 0 spiro atoms. The SMILES string of the molecule is C[C@@H](O)c1ccc(Sc2ncccc2Br)cc1Br. The van der Waals surface area contributed by atoms with Crippen molar-refractivity contribution in [1.82, 2.24) is 4.98 Å². The maximum Gasteiger partial charge on any atom is 0.115 e. The van der Waals surface area contributed by atoms with Crippen molar-refractivity contribution in [3.63, 3.8) is 0 Å². The zero-order valence-electron chi connectivity index (χ0n) is 9.60. The fourth-order valence-electron chi connectivity index (χ4n) is 1.47. The molecular formula is C13H11Br2NOS. The molecule has 2 rings (SSSR count). The van der Waals surface area contributed by atoms with Crippen molar-refractivity contribution in [2.75, 3.05) is 0 Å². The zero-order chi connectivity index (χ0) is 13.1. The van der Waals surface area contributed by atoms with E-state index in [1.165, 1.54) is 0 Å². The molecule has 0 aliphatic heterocycles. The number of aromatic nitrogens is 1. The first-order valence-corrected chi connectivity index (χ1v) is 7.74. The highest BCUT2D eigenvalue weighted by Crippen LogP contribution is 2.34. The molecule has 0 aliphatic carbocycles. The second-order valence-corrected chi connectivity index (χ2v) is 6.52. The Morgan fingerprint density at radius 2 is 2.00 bits per heavy atom. The number of pyridine rings is 1. The van der Waals surface area contributed by atoms with Crippen molar-refractivity contribution in [1.29, 1.82) is 0 Å². The first kappa shape index (κ1) is 14.1. The molecule has 0 saturated carbocycles. The number of rotatable bonds is 3. The van der Waals surface area contributed by atoms with Crippen LogP contribution in [0.1, 0.15) is 18.6 Å². The molecule has 1 atom stereocenters. The van der Waals surface area contributed by atoms with Gasteiger partial charge in [0.05, 0.1) is 10.6 Å². The molecule has 0 unspecified atom stereocenters. The predicted octanol–water partition coefficient (Wildman–Crippen LogP) is 4.81. The van der Waals surface area contributed by atoms with Crippen LogP contribution in [0.3, 0.4) is 0 Å². The van der Waals surface area contributed by atoms with Gasteiger partial charge >= 0.3 is 0 Å². The minimum atomic E-state index is -0.472. The van der Waals surface area contributed by atoms with Crippen LogP contribution in [-0.4, -0.2) is 10.1 Å². The average Bonchev–Trinajstić information content (AvgIpc) is 2.32. The molecule has 2 nitrogen and oxygen atoms in total. The number of aliphatic hydroxyl groups excluding tert-OH is 1. The minimum absolute atomic E-state index is 0.472. The Morgan fingerprint density at radius 3 is 2.61 bits per heavy atom. The van der Waals surface area contributed by atoms with Gasteiger partial charge in [0, 0.05) is 15.6 Å². The van der Waals surface area contributed by atoms with Crippen molar-refractivity contribution >= 4 is 43.6 Å². The number of halogens is 2. The summed E-state index contributed by atoms with van der Waals surface area (Å²) in [6, 6.07) is 9.76. The Bertz CT molecular complexity index is 560. The van der Waals surface area contributed by atoms with Gasteiger partial charge in [0.25, 0.3) is 0 Å². The maximum absolute atomic E-state index is 9.57. The van der Waals surface area contributed by atoms with E-state index < -0.39 is 6.10 Å². The summed E-state index contributed by atoms with van der Waals surface area (Å²) in [4.78, 5) is 5.39. The molecule has 0 fully saturated rings. The summed E-state index contributed by atoms with van der Waals surface area (Å²) in [6.45, 7) is 1.75. The lowest BCUT2D eigenvalue weighted by Gasteiger charge is -2.09. The molecule has 5 heteroatoms. The van der Waals surface area contributed by atoms with E-state index in [1.807, 2.05) is 30.3 Å². The largest absolute Gasteiger partial charge is 0.389 e. The van der Waals surface area contributed by atoms with E-state index >= 15 is 0 Å². The third-order valence-electron chi connectivity index (χ3n) is 2.36. The van der Waals surface area contributed by atoms with E-state index in [-0.39, 0.29) is 0 Å². The van der Waals surface area contributed by atoms with Crippen LogP contribution in [0.5, 0.6) is 0 Å². The number of hydrogen-bond donors (Lipinski definition) is 1. The van der Waals surface area contributed by atoms with E-state index in [2.05, 4.69) is 36.8 Å². The molecule has 2 aromatic rings. The fourth-order valence-corrected chi connectivity index (χ4v) is 3.64. The monoisotopic (exact) mass is 387 g/mol. The van der Waals surface area contributed by atoms with Crippen LogP contribution in [-0.2, 0) is 0 Å². The quantitative estimate of drug-likeness (QED) is 0.818. The summed E-state index contributed by atoms with van der Waals surface area (Å²) in [5, 5.41) is 10.5. The third kappa shape index (κ3) is 3.35. The van der Waals surface area contributed by atoms with Crippen molar-refractivity contribution in [2.45, 2.75) is 22.9 Å². The van der Waals surface area contributed by atoms with Gasteiger partial charge < -0.3 is 5.11 Å². The number of benzene rings is 1. The van der Waals surface area contributed by atoms with Gasteiger partial charge in [-0.05, 0) is 52.7 Å². The summed E-state index contributed by atoms with van der Waals surface area (Å²) in [5.41, 5.74) is 0.888. The molecular weight excluding hydrogens is 378 g/mol. The topological polar surface area (TPSA) is 33.1 Å². The van der Waals surface area contributed by atoms with Crippen molar-refractivity contribution in [2.24, 2.45) is 0 Å². The summed E-state index contributed by atoms with van der Waals surface area (Å²) in [7, 11) is 0.